The highest BCUT2D eigenvalue weighted by Crippen LogP contribution is 2.41. The van der Waals surface area contributed by atoms with Crippen LogP contribution in [0, 0.1) is 0 Å². The van der Waals surface area contributed by atoms with Crippen LogP contribution < -0.4 is 5.73 Å². The zero-order chi connectivity index (χ0) is 14.0. The average Bonchev–Trinajstić information content (AvgIpc) is 2.54. The molecule has 0 aliphatic heterocycles. The van der Waals surface area contributed by atoms with Gasteiger partial charge >= 0.3 is 0 Å². The molecule has 1 unspecified atom stereocenters. The minimum Gasteiger partial charge on any atom is -0.376 e. The van der Waals surface area contributed by atoms with Crippen LogP contribution in [0.2, 0.25) is 0 Å². The van der Waals surface area contributed by atoms with Crippen molar-refractivity contribution in [2.75, 3.05) is 7.11 Å². The van der Waals surface area contributed by atoms with Gasteiger partial charge in [-0.05, 0) is 29.9 Å². The molecule has 1 atom stereocenters. The number of hydrogen-bond donors (Lipinski definition) is 1. The van der Waals surface area contributed by atoms with Gasteiger partial charge in [0.25, 0.3) is 0 Å². The molecule has 0 bridgehead atoms. The van der Waals surface area contributed by atoms with Crippen molar-refractivity contribution >= 4 is 10.8 Å². The van der Waals surface area contributed by atoms with Gasteiger partial charge in [-0.3, -0.25) is 4.98 Å². The Hall–Kier alpha value is -1.45. The van der Waals surface area contributed by atoms with Gasteiger partial charge < -0.3 is 10.5 Å². The summed E-state index contributed by atoms with van der Waals surface area (Å²) in [6.07, 6.45) is 9.52. The maximum Gasteiger partial charge on any atom is 0.0870 e. The topological polar surface area (TPSA) is 48.1 Å². The van der Waals surface area contributed by atoms with Crippen LogP contribution >= 0.6 is 0 Å². The molecular formula is C17H22N2O. The van der Waals surface area contributed by atoms with E-state index < -0.39 is 0 Å². The maximum atomic E-state index is 6.64. The fourth-order valence-corrected chi connectivity index (χ4v) is 3.49. The molecule has 3 rings (SSSR count). The summed E-state index contributed by atoms with van der Waals surface area (Å²) in [4.78, 5) is 4.19. The van der Waals surface area contributed by atoms with Gasteiger partial charge in [0.05, 0.1) is 11.6 Å². The second-order valence-corrected chi connectivity index (χ2v) is 5.75. The van der Waals surface area contributed by atoms with E-state index in [0.29, 0.717) is 0 Å². The third-order valence-corrected chi connectivity index (χ3v) is 4.72. The van der Waals surface area contributed by atoms with E-state index in [2.05, 4.69) is 29.2 Å². The monoisotopic (exact) mass is 270 g/mol. The average molecular weight is 270 g/mol. The van der Waals surface area contributed by atoms with Crippen LogP contribution in [0.1, 0.15) is 43.7 Å². The first-order valence-electron chi connectivity index (χ1n) is 7.40. The van der Waals surface area contributed by atoms with E-state index in [0.717, 1.165) is 18.2 Å². The minimum absolute atomic E-state index is 0.0844. The van der Waals surface area contributed by atoms with Crippen molar-refractivity contribution in [3.8, 4) is 0 Å². The van der Waals surface area contributed by atoms with Crippen LogP contribution in [-0.2, 0) is 4.74 Å². The standard InChI is InChI=1S/C17H22N2O/c1-20-17(9-3-2-4-10-17)16(18)15-7-5-6-13-12-19-11-8-14(13)15/h5-8,11-12,16H,2-4,9-10,18H2,1H3. The quantitative estimate of drug-likeness (QED) is 0.927. The summed E-state index contributed by atoms with van der Waals surface area (Å²) in [6.45, 7) is 0. The maximum absolute atomic E-state index is 6.64. The van der Waals surface area contributed by atoms with E-state index in [9.17, 15) is 0 Å². The molecule has 0 amide bonds. The molecule has 1 saturated carbocycles. The Labute approximate surface area is 120 Å². The molecular weight excluding hydrogens is 248 g/mol. The number of rotatable bonds is 3. The van der Waals surface area contributed by atoms with Crippen molar-refractivity contribution < 1.29 is 4.74 Å². The predicted molar refractivity (Wildman–Crippen MR) is 81.5 cm³/mol. The van der Waals surface area contributed by atoms with E-state index in [-0.39, 0.29) is 11.6 Å². The Balaban J connectivity index is 2.05. The SMILES string of the molecule is COC1(C(N)c2cccc3cnccc23)CCCCC1. The Morgan fingerprint density at radius 2 is 2.00 bits per heavy atom. The zero-order valence-corrected chi connectivity index (χ0v) is 12.0. The van der Waals surface area contributed by atoms with Gasteiger partial charge in [-0.1, -0.05) is 37.5 Å². The molecule has 1 aromatic carbocycles. The second kappa shape index (κ2) is 5.51. The number of nitrogens with two attached hydrogens (primary N) is 1. The van der Waals surface area contributed by atoms with Gasteiger partial charge in [0.1, 0.15) is 0 Å². The number of fused-ring (bicyclic) bond motifs is 1. The highest BCUT2D eigenvalue weighted by Gasteiger charge is 2.39. The van der Waals surface area contributed by atoms with Gasteiger partial charge in [-0.2, -0.15) is 0 Å². The number of nitrogens with zero attached hydrogens (tertiary/aromatic N) is 1. The van der Waals surface area contributed by atoms with Crippen molar-refractivity contribution in [2.45, 2.75) is 43.7 Å². The van der Waals surface area contributed by atoms with Crippen molar-refractivity contribution in [1.29, 1.82) is 0 Å². The summed E-state index contributed by atoms with van der Waals surface area (Å²) in [6, 6.07) is 8.24. The molecule has 3 heteroatoms. The first-order valence-corrected chi connectivity index (χ1v) is 7.40. The third kappa shape index (κ3) is 2.21. The molecule has 1 heterocycles. The summed E-state index contributed by atoms with van der Waals surface area (Å²) in [7, 11) is 1.80. The minimum atomic E-state index is -0.212. The molecule has 1 aliphatic carbocycles. The second-order valence-electron chi connectivity index (χ2n) is 5.75. The lowest BCUT2D eigenvalue weighted by Gasteiger charge is -2.41. The fourth-order valence-electron chi connectivity index (χ4n) is 3.49. The third-order valence-electron chi connectivity index (χ3n) is 4.72. The van der Waals surface area contributed by atoms with Crippen LogP contribution in [0.15, 0.2) is 36.7 Å². The first kappa shape index (κ1) is 13.5. The van der Waals surface area contributed by atoms with Gasteiger partial charge in [0.2, 0.25) is 0 Å². The highest BCUT2D eigenvalue weighted by atomic mass is 16.5. The lowest BCUT2D eigenvalue weighted by atomic mass is 9.76. The van der Waals surface area contributed by atoms with Crippen molar-refractivity contribution in [3.05, 3.63) is 42.2 Å². The van der Waals surface area contributed by atoms with Gasteiger partial charge in [0, 0.05) is 24.9 Å². The summed E-state index contributed by atoms with van der Waals surface area (Å²) in [5.74, 6) is 0. The summed E-state index contributed by atoms with van der Waals surface area (Å²) >= 11 is 0. The van der Waals surface area contributed by atoms with Gasteiger partial charge in [-0.25, -0.2) is 0 Å². The molecule has 2 N–H and O–H groups in total. The number of aromatic nitrogens is 1. The first-order chi connectivity index (χ1) is 9.77. The Morgan fingerprint density at radius 1 is 1.20 bits per heavy atom. The van der Waals surface area contributed by atoms with E-state index >= 15 is 0 Å². The number of ether oxygens (including phenoxy) is 1. The normalized spacial score (nSPS) is 19.9. The number of methoxy groups -OCH3 is 1. The zero-order valence-electron chi connectivity index (χ0n) is 12.0. The molecule has 2 aromatic rings. The molecule has 0 saturated heterocycles. The number of pyridine rings is 1. The molecule has 20 heavy (non-hydrogen) atoms. The van der Waals surface area contributed by atoms with Crippen molar-refractivity contribution in [2.24, 2.45) is 5.73 Å². The Morgan fingerprint density at radius 3 is 2.75 bits per heavy atom. The van der Waals surface area contributed by atoms with Gasteiger partial charge in [0.15, 0.2) is 0 Å². The molecule has 106 valence electrons. The van der Waals surface area contributed by atoms with E-state index in [1.165, 1.54) is 30.2 Å². The lowest BCUT2D eigenvalue weighted by Crippen LogP contribution is -2.44. The van der Waals surface area contributed by atoms with Crippen molar-refractivity contribution in [3.63, 3.8) is 0 Å². The van der Waals surface area contributed by atoms with E-state index in [1.807, 2.05) is 12.4 Å². The largest absolute Gasteiger partial charge is 0.376 e. The fraction of sp³-hybridized carbons (Fsp3) is 0.471. The highest BCUT2D eigenvalue weighted by molar-refractivity contribution is 5.85. The van der Waals surface area contributed by atoms with Crippen molar-refractivity contribution in [1.82, 2.24) is 4.98 Å². The molecule has 3 nitrogen and oxygen atoms in total. The number of hydrogen-bond acceptors (Lipinski definition) is 3. The predicted octanol–water partition coefficient (Wildman–Crippen LogP) is 3.58. The molecule has 1 fully saturated rings. The van der Waals surface area contributed by atoms with Crippen LogP contribution in [0.3, 0.4) is 0 Å². The summed E-state index contributed by atoms with van der Waals surface area (Å²) in [5, 5.41) is 2.33. The van der Waals surface area contributed by atoms with E-state index in [1.54, 1.807) is 7.11 Å². The molecule has 0 spiro atoms. The number of benzene rings is 1. The molecule has 1 aliphatic rings. The summed E-state index contributed by atoms with van der Waals surface area (Å²) < 4.78 is 5.90. The Bertz CT molecular complexity index is 585. The smallest absolute Gasteiger partial charge is 0.0870 e. The Kier molecular flexibility index (Phi) is 3.72. The van der Waals surface area contributed by atoms with Crippen LogP contribution in [-0.4, -0.2) is 17.7 Å². The van der Waals surface area contributed by atoms with Crippen LogP contribution in [0.25, 0.3) is 10.8 Å². The van der Waals surface area contributed by atoms with E-state index in [4.69, 9.17) is 10.5 Å². The van der Waals surface area contributed by atoms with Crippen LogP contribution in [0.5, 0.6) is 0 Å². The molecule has 1 aromatic heterocycles. The summed E-state index contributed by atoms with van der Waals surface area (Å²) in [5.41, 5.74) is 7.60. The lowest BCUT2D eigenvalue weighted by molar-refractivity contribution is -0.0592. The van der Waals surface area contributed by atoms with Gasteiger partial charge in [-0.15, -0.1) is 0 Å². The molecule has 0 radical (unpaired) electrons. The van der Waals surface area contributed by atoms with Crippen LogP contribution in [0.4, 0.5) is 0 Å².